The van der Waals surface area contributed by atoms with Gasteiger partial charge in [-0.3, -0.25) is 0 Å². The molecule has 0 amide bonds. The predicted octanol–water partition coefficient (Wildman–Crippen LogP) is 4.28. The molecule has 3 aliphatic rings. The summed E-state index contributed by atoms with van der Waals surface area (Å²) < 4.78 is 0. The average Bonchev–Trinajstić information content (AvgIpc) is 2.97. The number of hydrogen-bond donors (Lipinski definition) is 1. The van der Waals surface area contributed by atoms with Gasteiger partial charge in [0.15, 0.2) is 0 Å². The minimum atomic E-state index is 0.122. The molecule has 18 heavy (non-hydrogen) atoms. The van der Waals surface area contributed by atoms with Gasteiger partial charge in [-0.2, -0.15) is 0 Å². The van der Waals surface area contributed by atoms with Gasteiger partial charge in [0.05, 0.1) is 0 Å². The molecule has 102 valence electrons. The number of fused-ring (bicyclic) bond motifs is 1. The number of hydrogen-bond acceptors (Lipinski definition) is 1. The molecule has 2 N–H and O–H groups in total. The van der Waals surface area contributed by atoms with Gasteiger partial charge < -0.3 is 5.73 Å². The molecule has 3 aliphatic carbocycles. The van der Waals surface area contributed by atoms with Crippen molar-refractivity contribution in [3.63, 3.8) is 0 Å². The number of allylic oxidation sites excluding steroid dienone is 1. The Morgan fingerprint density at radius 1 is 1.28 bits per heavy atom. The molecule has 5 unspecified atom stereocenters. The van der Waals surface area contributed by atoms with Gasteiger partial charge >= 0.3 is 0 Å². The second-order valence-corrected chi connectivity index (χ2v) is 7.10. The van der Waals surface area contributed by atoms with Crippen molar-refractivity contribution < 1.29 is 0 Å². The van der Waals surface area contributed by atoms with E-state index in [9.17, 15) is 0 Å². The summed E-state index contributed by atoms with van der Waals surface area (Å²) >= 11 is 0. The van der Waals surface area contributed by atoms with Gasteiger partial charge in [-0.05, 0) is 62.7 Å². The molecule has 3 rings (SSSR count). The van der Waals surface area contributed by atoms with Crippen LogP contribution in [0.15, 0.2) is 11.6 Å². The summed E-state index contributed by atoms with van der Waals surface area (Å²) in [5.74, 6) is 3.42. The Morgan fingerprint density at radius 3 is 2.78 bits per heavy atom. The summed E-state index contributed by atoms with van der Waals surface area (Å²) in [6.07, 6.45) is 13.4. The lowest BCUT2D eigenvalue weighted by Gasteiger charge is -2.51. The van der Waals surface area contributed by atoms with Crippen LogP contribution < -0.4 is 5.73 Å². The third-order valence-corrected chi connectivity index (χ3v) is 6.43. The van der Waals surface area contributed by atoms with Crippen molar-refractivity contribution in [1.29, 1.82) is 0 Å². The Balaban J connectivity index is 1.87. The van der Waals surface area contributed by atoms with Crippen molar-refractivity contribution in [2.75, 3.05) is 0 Å². The Labute approximate surface area is 112 Å². The predicted molar refractivity (Wildman–Crippen MR) is 77.2 cm³/mol. The third-order valence-electron chi connectivity index (χ3n) is 6.43. The highest BCUT2D eigenvalue weighted by Gasteiger charge is 2.51. The maximum absolute atomic E-state index is 7.02. The topological polar surface area (TPSA) is 26.0 Å². The first kappa shape index (κ1) is 12.7. The van der Waals surface area contributed by atoms with Gasteiger partial charge in [0, 0.05) is 5.54 Å². The van der Waals surface area contributed by atoms with E-state index in [2.05, 4.69) is 19.9 Å². The smallest absolute Gasteiger partial charge is 0.0251 e. The maximum Gasteiger partial charge on any atom is 0.0251 e. The molecule has 0 bridgehead atoms. The van der Waals surface area contributed by atoms with Crippen LogP contribution in [0.2, 0.25) is 0 Å². The summed E-state index contributed by atoms with van der Waals surface area (Å²) in [4.78, 5) is 0. The molecule has 0 aromatic rings. The summed E-state index contributed by atoms with van der Waals surface area (Å²) in [6, 6.07) is 0. The van der Waals surface area contributed by atoms with Gasteiger partial charge in [0.1, 0.15) is 0 Å². The second-order valence-electron chi connectivity index (χ2n) is 7.10. The molecule has 0 heterocycles. The fraction of sp³-hybridized carbons (Fsp3) is 0.882. The molecule has 0 saturated heterocycles. The van der Waals surface area contributed by atoms with E-state index in [0.29, 0.717) is 5.92 Å². The minimum Gasteiger partial charge on any atom is -0.324 e. The van der Waals surface area contributed by atoms with Crippen LogP contribution >= 0.6 is 0 Å². The van der Waals surface area contributed by atoms with Gasteiger partial charge in [-0.1, -0.05) is 37.8 Å². The van der Waals surface area contributed by atoms with Crippen molar-refractivity contribution in [3.05, 3.63) is 11.6 Å². The van der Waals surface area contributed by atoms with Crippen LogP contribution in [0.1, 0.15) is 65.2 Å². The molecule has 0 aliphatic heterocycles. The first-order valence-electron chi connectivity index (χ1n) is 8.12. The molecule has 0 aromatic carbocycles. The Morgan fingerprint density at radius 2 is 2.11 bits per heavy atom. The zero-order valence-corrected chi connectivity index (χ0v) is 12.1. The maximum atomic E-state index is 7.02. The highest BCUT2D eigenvalue weighted by atomic mass is 14.8. The minimum absolute atomic E-state index is 0.122. The van der Waals surface area contributed by atoms with E-state index in [-0.39, 0.29) is 5.54 Å². The van der Waals surface area contributed by atoms with E-state index in [4.69, 9.17) is 5.73 Å². The molecule has 1 nitrogen and oxygen atoms in total. The van der Waals surface area contributed by atoms with Crippen molar-refractivity contribution in [2.24, 2.45) is 29.4 Å². The highest BCUT2D eigenvalue weighted by molar-refractivity contribution is 5.20. The zero-order chi connectivity index (χ0) is 12.8. The van der Waals surface area contributed by atoms with Gasteiger partial charge in [0.25, 0.3) is 0 Å². The standard InChI is InChI=1S/C17H29N/c1-3-15-14-8-5-7-13(14)10-11-17(15,18)16-9-4-6-12(16)2/h6,13-16H,3-5,7-11,18H2,1-2H3. The molecule has 2 fully saturated rings. The van der Waals surface area contributed by atoms with E-state index in [1.165, 1.54) is 51.4 Å². The molecule has 0 radical (unpaired) electrons. The summed E-state index contributed by atoms with van der Waals surface area (Å²) in [7, 11) is 0. The van der Waals surface area contributed by atoms with Crippen LogP contribution in [0.4, 0.5) is 0 Å². The Kier molecular flexibility index (Phi) is 3.30. The van der Waals surface area contributed by atoms with E-state index in [1.54, 1.807) is 5.57 Å². The first-order chi connectivity index (χ1) is 8.66. The van der Waals surface area contributed by atoms with Crippen LogP contribution in [0.25, 0.3) is 0 Å². The largest absolute Gasteiger partial charge is 0.324 e. The first-order valence-corrected chi connectivity index (χ1v) is 8.12. The Hall–Kier alpha value is -0.300. The zero-order valence-electron chi connectivity index (χ0n) is 12.1. The molecule has 0 spiro atoms. The van der Waals surface area contributed by atoms with Gasteiger partial charge in [0.2, 0.25) is 0 Å². The van der Waals surface area contributed by atoms with Crippen molar-refractivity contribution >= 4 is 0 Å². The lowest BCUT2D eigenvalue weighted by atomic mass is 9.57. The quantitative estimate of drug-likeness (QED) is 0.724. The van der Waals surface area contributed by atoms with Crippen LogP contribution in [0.5, 0.6) is 0 Å². The van der Waals surface area contributed by atoms with E-state index >= 15 is 0 Å². The van der Waals surface area contributed by atoms with Crippen LogP contribution in [-0.2, 0) is 0 Å². The Bertz CT molecular complexity index is 346. The normalized spacial score (nSPS) is 48.1. The fourth-order valence-corrected chi connectivity index (χ4v) is 5.63. The summed E-state index contributed by atoms with van der Waals surface area (Å²) in [5.41, 5.74) is 8.74. The van der Waals surface area contributed by atoms with Gasteiger partial charge in [-0.25, -0.2) is 0 Å². The second kappa shape index (κ2) is 4.67. The van der Waals surface area contributed by atoms with Crippen molar-refractivity contribution in [1.82, 2.24) is 0 Å². The molecule has 2 saturated carbocycles. The average molecular weight is 247 g/mol. The molecule has 5 atom stereocenters. The monoisotopic (exact) mass is 247 g/mol. The van der Waals surface area contributed by atoms with Crippen molar-refractivity contribution in [3.8, 4) is 0 Å². The van der Waals surface area contributed by atoms with E-state index in [0.717, 1.165) is 17.8 Å². The molecular formula is C17H29N. The van der Waals surface area contributed by atoms with Crippen LogP contribution in [0.3, 0.4) is 0 Å². The third kappa shape index (κ3) is 1.78. The lowest BCUT2D eigenvalue weighted by Crippen LogP contribution is -2.58. The summed E-state index contributed by atoms with van der Waals surface area (Å²) in [6.45, 7) is 4.70. The number of rotatable bonds is 2. The van der Waals surface area contributed by atoms with Crippen LogP contribution in [0, 0.1) is 23.7 Å². The SMILES string of the molecule is CCC1C2CCCC2CCC1(N)C1CCC=C1C. The molecule has 0 aromatic heterocycles. The number of nitrogens with two attached hydrogens (primary N) is 1. The van der Waals surface area contributed by atoms with Crippen molar-refractivity contribution in [2.45, 2.75) is 70.8 Å². The molecule has 1 heteroatoms. The van der Waals surface area contributed by atoms with Crippen LogP contribution in [-0.4, -0.2) is 5.54 Å². The lowest BCUT2D eigenvalue weighted by molar-refractivity contribution is 0.0473. The van der Waals surface area contributed by atoms with E-state index < -0.39 is 0 Å². The summed E-state index contributed by atoms with van der Waals surface area (Å²) in [5, 5.41) is 0. The fourth-order valence-electron chi connectivity index (χ4n) is 5.63. The van der Waals surface area contributed by atoms with E-state index in [1.807, 2.05) is 0 Å². The van der Waals surface area contributed by atoms with Gasteiger partial charge in [-0.15, -0.1) is 0 Å². The highest BCUT2D eigenvalue weighted by Crippen LogP contribution is 2.54. The molecular weight excluding hydrogens is 218 g/mol.